The maximum absolute atomic E-state index is 9.10. The molecule has 1 aromatic rings. The molecule has 0 fully saturated rings. The van der Waals surface area contributed by atoms with Gasteiger partial charge in [-0.1, -0.05) is 25.4 Å². The van der Waals surface area contributed by atoms with Gasteiger partial charge in [-0.2, -0.15) is 0 Å². The Morgan fingerprint density at radius 3 is 2.75 bits per heavy atom. The Labute approximate surface area is 74.1 Å². The smallest absolute Gasteiger partial charge is 0.139 e. The zero-order chi connectivity index (χ0) is 9.19. The van der Waals surface area contributed by atoms with Crippen LogP contribution in [0.15, 0.2) is 18.3 Å². The molecule has 0 atom stereocenters. The first kappa shape index (κ1) is 9.26. The molecule has 2 nitrogen and oxygen atoms in total. The summed E-state index contributed by atoms with van der Waals surface area (Å²) in [7, 11) is 2.03. The number of pyridine rings is 1. The van der Waals surface area contributed by atoms with Crippen molar-refractivity contribution in [3.63, 3.8) is 0 Å². The average Bonchev–Trinajstić information content (AvgIpc) is 2.05. The zero-order valence-corrected chi connectivity index (χ0v) is 7.83. The van der Waals surface area contributed by atoms with Gasteiger partial charge in [-0.25, -0.2) is 0 Å². The molecule has 1 rings (SSSR count). The Hall–Kier alpha value is -0.825. The molecule has 0 amide bonds. The fraction of sp³-hybridized carbons (Fsp3) is 0.444. The van der Waals surface area contributed by atoms with E-state index in [-0.39, 0.29) is 12.0 Å². The van der Waals surface area contributed by atoms with E-state index < -0.39 is 0 Å². The number of rotatable bonds is 2. The van der Waals surface area contributed by atoms with Crippen molar-refractivity contribution in [2.45, 2.75) is 19.3 Å². The van der Waals surface area contributed by atoms with Crippen molar-refractivity contribution >= 4 is 13.3 Å². The van der Waals surface area contributed by atoms with Crippen LogP contribution in [0.2, 0.25) is 0 Å². The maximum atomic E-state index is 9.10. The molecule has 0 aliphatic rings. The van der Waals surface area contributed by atoms with Gasteiger partial charge in [0.05, 0.1) is 6.61 Å². The predicted molar refractivity (Wildman–Crippen MR) is 52.5 cm³/mol. The normalized spacial score (nSPS) is 11.6. The van der Waals surface area contributed by atoms with E-state index in [4.69, 9.17) is 5.11 Å². The van der Waals surface area contributed by atoms with E-state index in [0.29, 0.717) is 0 Å². The SMILES string of the molecule is Bc1ccnc(C(C)(C)CO)c1. The Balaban J connectivity index is 3.03. The molecular formula is C9H14BNO. The van der Waals surface area contributed by atoms with E-state index in [2.05, 4.69) is 4.98 Å². The minimum absolute atomic E-state index is 0.128. The van der Waals surface area contributed by atoms with Crippen molar-refractivity contribution in [2.75, 3.05) is 6.61 Å². The number of aliphatic hydroxyl groups excluding tert-OH is 1. The summed E-state index contributed by atoms with van der Waals surface area (Å²) in [6, 6.07) is 3.97. The minimum atomic E-state index is -0.230. The maximum Gasteiger partial charge on any atom is 0.139 e. The summed E-state index contributed by atoms with van der Waals surface area (Å²) in [6.07, 6.45) is 1.78. The predicted octanol–water partition coefficient (Wildman–Crippen LogP) is -0.390. The molecular weight excluding hydrogens is 149 g/mol. The Bertz CT molecular complexity index is 273. The van der Waals surface area contributed by atoms with Crippen LogP contribution in [0.1, 0.15) is 19.5 Å². The van der Waals surface area contributed by atoms with Crippen LogP contribution in [0.3, 0.4) is 0 Å². The van der Waals surface area contributed by atoms with Gasteiger partial charge in [-0.3, -0.25) is 4.98 Å². The van der Waals surface area contributed by atoms with Gasteiger partial charge in [0, 0.05) is 17.3 Å². The third kappa shape index (κ3) is 1.86. The standard InChI is InChI=1S/C9H14BNO/c1-9(2,6-12)8-5-7(10)3-4-11-8/h3-5,12H,6,10H2,1-2H3. The molecule has 0 bridgehead atoms. The van der Waals surface area contributed by atoms with Crippen molar-refractivity contribution in [3.8, 4) is 0 Å². The molecule has 0 aliphatic heterocycles. The van der Waals surface area contributed by atoms with Crippen LogP contribution in [0.25, 0.3) is 0 Å². The topological polar surface area (TPSA) is 33.1 Å². The van der Waals surface area contributed by atoms with Crippen molar-refractivity contribution < 1.29 is 5.11 Å². The second-order valence-corrected chi connectivity index (χ2v) is 3.76. The molecule has 1 heterocycles. The first-order valence-corrected chi connectivity index (χ1v) is 4.10. The first-order valence-electron chi connectivity index (χ1n) is 4.10. The zero-order valence-electron chi connectivity index (χ0n) is 7.83. The highest BCUT2D eigenvalue weighted by molar-refractivity contribution is 6.32. The largest absolute Gasteiger partial charge is 0.395 e. The molecule has 1 N–H and O–H groups in total. The fourth-order valence-electron chi connectivity index (χ4n) is 0.987. The number of aliphatic hydroxyl groups is 1. The Morgan fingerprint density at radius 2 is 2.25 bits per heavy atom. The second kappa shape index (κ2) is 3.27. The highest BCUT2D eigenvalue weighted by atomic mass is 16.3. The molecule has 0 saturated heterocycles. The molecule has 64 valence electrons. The van der Waals surface area contributed by atoms with E-state index in [1.165, 1.54) is 5.46 Å². The van der Waals surface area contributed by atoms with Gasteiger partial charge in [0.15, 0.2) is 0 Å². The molecule has 0 unspecified atom stereocenters. The third-order valence-corrected chi connectivity index (χ3v) is 2.00. The van der Waals surface area contributed by atoms with Gasteiger partial charge in [-0.15, -0.1) is 0 Å². The monoisotopic (exact) mass is 163 g/mol. The lowest BCUT2D eigenvalue weighted by atomic mass is 9.86. The first-order chi connectivity index (χ1) is 5.56. The van der Waals surface area contributed by atoms with Gasteiger partial charge >= 0.3 is 0 Å². The summed E-state index contributed by atoms with van der Waals surface area (Å²) < 4.78 is 0. The summed E-state index contributed by atoms with van der Waals surface area (Å²) in [5.74, 6) is 0. The van der Waals surface area contributed by atoms with Crippen LogP contribution >= 0.6 is 0 Å². The molecule has 1 aromatic heterocycles. The molecule has 3 heteroatoms. The number of aromatic nitrogens is 1. The molecule has 0 saturated carbocycles. The summed E-state index contributed by atoms with van der Waals surface area (Å²) in [5.41, 5.74) is 1.90. The quantitative estimate of drug-likeness (QED) is 0.602. The van der Waals surface area contributed by atoms with Gasteiger partial charge < -0.3 is 5.11 Å². The molecule has 0 aromatic carbocycles. The van der Waals surface area contributed by atoms with E-state index in [1.54, 1.807) is 6.20 Å². The van der Waals surface area contributed by atoms with Crippen LogP contribution in [0.5, 0.6) is 0 Å². The second-order valence-electron chi connectivity index (χ2n) is 3.76. The van der Waals surface area contributed by atoms with Crippen molar-refractivity contribution in [3.05, 3.63) is 24.0 Å². The summed E-state index contributed by atoms with van der Waals surface area (Å²) in [5, 5.41) is 9.10. The minimum Gasteiger partial charge on any atom is -0.395 e. The van der Waals surface area contributed by atoms with Crippen LogP contribution in [0.4, 0.5) is 0 Å². The van der Waals surface area contributed by atoms with Crippen LogP contribution < -0.4 is 5.46 Å². The van der Waals surface area contributed by atoms with Gasteiger partial charge in [0.25, 0.3) is 0 Å². The highest BCUT2D eigenvalue weighted by Crippen LogP contribution is 2.18. The summed E-state index contributed by atoms with van der Waals surface area (Å²) >= 11 is 0. The molecule has 0 spiro atoms. The molecule has 12 heavy (non-hydrogen) atoms. The van der Waals surface area contributed by atoms with Crippen LogP contribution in [0, 0.1) is 0 Å². The third-order valence-electron chi connectivity index (χ3n) is 2.00. The van der Waals surface area contributed by atoms with Gasteiger partial charge in [0.1, 0.15) is 7.85 Å². The lowest BCUT2D eigenvalue weighted by Gasteiger charge is -2.20. The van der Waals surface area contributed by atoms with E-state index in [9.17, 15) is 0 Å². The van der Waals surface area contributed by atoms with Crippen molar-refractivity contribution in [1.29, 1.82) is 0 Å². The molecule has 0 radical (unpaired) electrons. The lowest BCUT2D eigenvalue weighted by molar-refractivity contribution is 0.215. The van der Waals surface area contributed by atoms with Crippen LogP contribution in [-0.4, -0.2) is 24.5 Å². The fourth-order valence-corrected chi connectivity index (χ4v) is 0.987. The van der Waals surface area contributed by atoms with E-state index in [0.717, 1.165) is 5.69 Å². The van der Waals surface area contributed by atoms with Crippen LogP contribution in [-0.2, 0) is 5.41 Å². The summed E-state index contributed by atoms with van der Waals surface area (Å²) in [6.45, 7) is 4.09. The summed E-state index contributed by atoms with van der Waals surface area (Å²) in [4.78, 5) is 4.22. The van der Waals surface area contributed by atoms with Crippen molar-refractivity contribution in [2.24, 2.45) is 0 Å². The number of nitrogens with zero attached hydrogens (tertiary/aromatic N) is 1. The number of hydrogen-bond acceptors (Lipinski definition) is 2. The highest BCUT2D eigenvalue weighted by Gasteiger charge is 2.20. The van der Waals surface area contributed by atoms with Gasteiger partial charge in [-0.05, 0) is 6.07 Å². The Morgan fingerprint density at radius 1 is 1.58 bits per heavy atom. The average molecular weight is 163 g/mol. The number of hydrogen-bond donors (Lipinski definition) is 1. The Kier molecular flexibility index (Phi) is 2.53. The molecule has 0 aliphatic carbocycles. The van der Waals surface area contributed by atoms with E-state index >= 15 is 0 Å². The van der Waals surface area contributed by atoms with E-state index in [1.807, 2.05) is 33.8 Å². The lowest BCUT2D eigenvalue weighted by Crippen LogP contribution is -2.25. The van der Waals surface area contributed by atoms with Crippen molar-refractivity contribution in [1.82, 2.24) is 4.98 Å². The van der Waals surface area contributed by atoms with Gasteiger partial charge in [0.2, 0.25) is 0 Å².